The van der Waals surface area contributed by atoms with Gasteiger partial charge in [-0.2, -0.15) is 13.2 Å². The van der Waals surface area contributed by atoms with E-state index in [1.165, 1.54) is 12.1 Å². The highest BCUT2D eigenvalue weighted by atomic mass is 19.4. The maximum atomic E-state index is 12.6. The molecule has 2 rings (SSSR count). The zero-order chi connectivity index (χ0) is 16.9. The Bertz CT molecular complexity index is 684. The highest BCUT2D eigenvalue weighted by molar-refractivity contribution is 5.73. The summed E-state index contributed by atoms with van der Waals surface area (Å²) in [5, 5.41) is 5.23. The summed E-state index contributed by atoms with van der Waals surface area (Å²) in [6.45, 7) is 2.34. The number of urea groups is 1. The Morgan fingerprint density at radius 1 is 1.00 bits per heavy atom. The van der Waals surface area contributed by atoms with Crippen LogP contribution < -0.4 is 10.6 Å². The van der Waals surface area contributed by atoms with Gasteiger partial charge in [0, 0.05) is 13.1 Å². The highest BCUT2D eigenvalue weighted by Crippen LogP contribution is 2.29. The Labute approximate surface area is 132 Å². The number of aryl methyl sites for hydroxylation is 1. The monoisotopic (exact) mass is 322 g/mol. The second-order valence-electron chi connectivity index (χ2n) is 5.16. The fourth-order valence-corrected chi connectivity index (χ4v) is 2.09. The van der Waals surface area contributed by atoms with Crippen molar-refractivity contribution in [3.63, 3.8) is 0 Å². The summed E-state index contributed by atoms with van der Waals surface area (Å²) in [5.74, 6) is 0. The Kier molecular flexibility index (Phi) is 5.26. The van der Waals surface area contributed by atoms with Crippen LogP contribution in [0, 0.1) is 6.92 Å². The van der Waals surface area contributed by atoms with E-state index in [1.54, 1.807) is 0 Å². The molecule has 0 aliphatic heterocycles. The molecule has 0 bridgehead atoms. The maximum absolute atomic E-state index is 12.6. The third-order valence-electron chi connectivity index (χ3n) is 3.41. The lowest BCUT2D eigenvalue weighted by Crippen LogP contribution is -2.34. The normalized spacial score (nSPS) is 11.1. The van der Waals surface area contributed by atoms with Crippen molar-refractivity contribution in [3.05, 3.63) is 70.8 Å². The van der Waals surface area contributed by atoms with E-state index in [0.29, 0.717) is 12.1 Å². The standard InChI is InChI=1S/C17H17F3N2O/c1-12-5-2-3-7-14(12)11-22-16(23)21-10-13-6-4-8-15(9-13)17(18,19)20/h2-9H,10-11H2,1H3,(H2,21,22,23). The molecule has 0 heterocycles. The minimum Gasteiger partial charge on any atom is -0.334 e. The molecule has 0 spiro atoms. The summed E-state index contributed by atoms with van der Waals surface area (Å²) in [4.78, 5) is 11.7. The summed E-state index contributed by atoms with van der Waals surface area (Å²) in [6, 6.07) is 12.1. The Balaban J connectivity index is 1.86. The van der Waals surface area contributed by atoms with E-state index < -0.39 is 17.8 Å². The number of halogens is 3. The molecule has 2 N–H and O–H groups in total. The van der Waals surface area contributed by atoms with E-state index in [2.05, 4.69) is 10.6 Å². The number of rotatable bonds is 4. The minimum atomic E-state index is -4.39. The van der Waals surface area contributed by atoms with Gasteiger partial charge in [-0.1, -0.05) is 36.4 Å². The van der Waals surface area contributed by atoms with Gasteiger partial charge in [0.1, 0.15) is 0 Å². The summed E-state index contributed by atoms with van der Waals surface area (Å²) >= 11 is 0. The average molecular weight is 322 g/mol. The maximum Gasteiger partial charge on any atom is 0.416 e. The second-order valence-corrected chi connectivity index (χ2v) is 5.16. The van der Waals surface area contributed by atoms with Crippen molar-refractivity contribution in [2.45, 2.75) is 26.2 Å². The molecule has 2 aromatic carbocycles. The lowest BCUT2D eigenvalue weighted by Gasteiger charge is -2.11. The summed E-state index contributed by atoms with van der Waals surface area (Å²) in [5.41, 5.74) is 1.72. The molecule has 2 amide bonds. The summed E-state index contributed by atoms with van der Waals surface area (Å²) in [7, 11) is 0. The number of carbonyl (C=O) groups is 1. The number of nitrogens with one attached hydrogen (secondary N) is 2. The van der Waals surface area contributed by atoms with E-state index in [9.17, 15) is 18.0 Å². The van der Waals surface area contributed by atoms with Gasteiger partial charge in [0.05, 0.1) is 5.56 Å². The number of carbonyl (C=O) groups excluding carboxylic acids is 1. The predicted octanol–water partition coefficient (Wildman–Crippen LogP) is 4.01. The van der Waals surface area contributed by atoms with E-state index in [-0.39, 0.29) is 6.54 Å². The van der Waals surface area contributed by atoms with Crippen molar-refractivity contribution < 1.29 is 18.0 Å². The van der Waals surface area contributed by atoms with Crippen molar-refractivity contribution in [2.24, 2.45) is 0 Å². The first kappa shape index (κ1) is 16.9. The molecule has 6 heteroatoms. The summed E-state index contributed by atoms with van der Waals surface area (Å²) < 4.78 is 37.8. The van der Waals surface area contributed by atoms with Crippen LogP contribution in [0.1, 0.15) is 22.3 Å². The van der Waals surface area contributed by atoms with Gasteiger partial charge in [-0.3, -0.25) is 0 Å². The zero-order valence-corrected chi connectivity index (χ0v) is 12.6. The van der Waals surface area contributed by atoms with Crippen molar-refractivity contribution in [3.8, 4) is 0 Å². The molecule has 0 saturated heterocycles. The molecule has 0 atom stereocenters. The topological polar surface area (TPSA) is 41.1 Å². The SMILES string of the molecule is Cc1ccccc1CNC(=O)NCc1cccc(C(F)(F)F)c1. The van der Waals surface area contributed by atoms with Crippen molar-refractivity contribution >= 4 is 6.03 Å². The first-order valence-electron chi connectivity index (χ1n) is 7.08. The Hall–Kier alpha value is -2.50. The molecule has 0 aliphatic rings. The largest absolute Gasteiger partial charge is 0.416 e. The van der Waals surface area contributed by atoms with Gasteiger partial charge in [-0.15, -0.1) is 0 Å². The number of amides is 2. The highest BCUT2D eigenvalue weighted by Gasteiger charge is 2.30. The van der Waals surface area contributed by atoms with Crippen LogP contribution in [0.4, 0.5) is 18.0 Å². The van der Waals surface area contributed by atoms with Gasteiger partial charge >= 0.3 is 12.2 Å². The van der Waals surface area contributed by atoms with Crippen LogP contribution in [-0.2, 0) is 19.3 Å². The molecule has 0 aliphatic carbocycles. The van der Waals surface area contributed by atoms with Crippen molar-refractivity contribution in [1.82, 2.24) is 10.6 Å². The van der Waals surface area contributed by atoms with Gasteiger partial charge in [0.2, 0.25) is 0 Å². The van der Waals surface area contributed by atoms with Crippen LogP contribution in [0.15, 0.2) is 48.5 Å². The molecule has 0 unspecified atom stereocenters. The second kappa shape index (κ2) is 7.17. The molecule has 0 fully saturated rings. The van der Waals surface area contributed by atoms with Crippen LogP contribution in [0.3, 0.4) is 0 Å². The van der Waals surface area contributed by atoms with Gasteiger partial charge < -0.3 is 10.6 Å². The molecular formula is C17H17F3N2O. The van der Waals surface area contributed by atoms with Crippen LogP contribution in [0.5, 0.6) is 0 Å². The van der Waals surface area contributed by atoms with Gasteiger partial charge in [0.15, 0.2) is 0 Å². The van der Waals surface area contributed by atoms with Crippen LogP contribution in [0.25, 0.3) is 0 Å². The lowest BCUT2D eigenvalue weighted by atomic mass is 10.1. The fourth-order valence-electron chi connectivity index (χ4n) is 2.09. The number of benzene rings is 2. The number of hydrogen-bond donors (Lipinski definition) is 2. The Morgan fingerprint density at radius 3 is 2.39 bits per heavy atom. The molecular weight excluding hydrogens is 305 g/mol. The lowest BCUT2D eigenvalue weighted by molar-refractivity contribution is -0.137. The number of alkyl halides is 3. The third-order valence-corrected chi connectivity index (χ3v) is 3.41. The van der Waals surface area contributed by atoms with Gasteiger partial charge in [0.25, 0.3) is 0 Å². The fraction of sp³-hybridized carbons (Fsp3) is 0.235. The number of hydrogen-bond acceptors (Lipinski definition) is 1. The zero-order valence-electron chi connectivity index (χ0n) is 12.6. The molecule has 0 radical (unpaired) electrons. The molecule has 23 heavy (non-hydrogen) atoms. The van der Waals surface area contributed by atoms with Crippen molar-refractivity contribution in [2.75, 3.05) is 0 Å². The molecule has 0 saturated carbocycles. The van der Waals surface area contributed by atoms with Gasteiger partial charge in [-0.05, 0) is 35.7 Å². The smallest absolute Gasteiger partial charge is 0.334 e. The van der Waals surface area contributed by atoms with Crippen LogP contribution in [-0.4, -0.2) is 6.03 Å². The van der Waals surface area contributed by atoms with E-state index in [0.717, 1.165) is 23.3 Å². The Morgan fingerprint density at radius 2 is 1.70 bits per heavy atom. The van der Waals surface area contributed by atoms with Crippen LogP contribution >= 0.6 is 0 Å². The molecule has 0 aromatic heterocycles. The summed E-state index contributed by atoms with van der Waals surface area (Å²) in [6.07, 6.45) is -4.39. The van der Waals surface area contributed by atoms with E-state index in [4.69, 9.17) is 0 Å². The van der Waals surface area contributed by atoms with Gasteiger partial charge in [-0.25, -0.2) is 4.79 Å². The minimum absolute atomic E-state index is 0.0313. The average Bonchev–Trinajstić information content (AvgIpc) is 2.51. The molecule has 122 valence electrons. The van der Waals surface area contributed by atoms with Crippen molar-refractivity contribution in [1.29, 1.82) is 0 Å². The quantitative estimate of drug-likeness (QED) is 0.877. The van der Waals surface area contributed by atoms with E-state index in [1.807, 2.05) is 31.2 Å². The van der Waals surface area contributed by atoms with E-state index >= 15 is 0 Å². The molecule has 3 nitrogen and oxygen atoms in total. The third kappa shape index (κ3) is 5.02. The van der Waals surface area contributed by atoms with Crippen LogP contribution in [0.2, 0.25) is 0 Å². The first-order chi connectivity index (χ1) is 10.9. The predicted molar refractivity (Wildman–Crippen MR) is 81.7 cm³/mol. The first-order valence-corrected chi connectivity index (χ1v) is 7.08. The molecule has 2 aromatic rings.